The molecule has 2 saturated carbocycles. The zero-order valence-corrected chi connectivity index (χ0v) is 12.8. The van der Waals surface area contributed by atoms with Gasteiger partial charge in [-0.3, -0.25) is 4.79 Å². The fourth-order valence-corrected chi connectivity index (χ4v) is 5.68. The molecule has 0 N–H and O–H groups in total. The normalized spacial score (nSPS) is 55.5. The molecule has 0 aromatic heterocycles. The van der Waals surface area contributed by atoms with Gasteiger partial charge in [0.05, 0.1) is 24.2 Å². The molecule has 1 spiro atoms. The Morgan fingerprint density at radius 1 is 1.30 bits per heavy atom. The Hall–Kier alpha value is -0.610. The van der Waals surface area contributed by atoms with Crippen molar-refractivity contribution in [2.45, 2.75) is 57.8 Å². The molecule has 0 bridgehead atoms. The summed E-state index contributed by atoms with van der Waals surface area (Å²) in [5.41, 5.74) is -0.457. The lowest BCUT2D eigenvalue weighted by Crippen LogP contribution is -2.46. The zero-order valence-electron chi connectivity index (χ0n) is 12.8. The molecule has 0 amide bonds. The van der Waals surface area contributed by atoms with Crippen LogP contribution in [0.4, 0.5) is 0 Å². The van der Waals surface area contributed by atoms with E-state index in [1.165, 1.54) is 0 Å². The first-order valence-corrected chi connectivity index (χ1v) is 7.75. The monoisotopic (exact) mass is 280 g/mol. The smallest absolute Gasteiger partial charge is 0.312 e. The average Bonchev–Trinajstić information content (AvgIpc) is 2.82. The van der Waals surface area contributed by atoms with E-state index in [4.69, 9.17) is 14.2 Å². The van der Waals surface area contributed by atoms with Gasteiger partial charge in [0.1, 0.15) is 5.60 Å². The largest absolute Gasteiger partial charge is 0.465 e. The quantitative estimate of drug-likeness (QED) is 0.545. The Morgan fingerprint density at radius 2 is 2.05 bits per heavy atom. The van der Waals surface area contributed by atoms with Crippen LogP contribution >= 0.6 is 0 Å². The molecule has 2 aliphatic carbocycles. The van der Waals surface area contributed by atoms with Crippen LogP contribution in [0.2, 0.25) is 0 Å². The van der Waals surface area contributed by atoms with Gasteiger partial charge in [0.2, 0.25) is 0 Å². The highest BCUT2D eigenvalue weighted by atomic mass is 16.6. The SMILES string of the molecule is CO[C@@H]1[C@H]2C[C@@]3(CCOC3=O)C(C)(C)[C@@H]2C[C@@H]2O[C@@]21C. The molecular formula is C16H24O4. The van der Waals surface area contributed by atoms with Crippen molar-refractivity contribution in [1.82, 2.24) is 0 Å². The average molecular weight is 280 g/mol. The number of methoxy groups -OCH3 is 1. The first kappa shape index (κ1) is 13.1. The first-order valence-electron chi connectivity index (χ1n) is 7.75. The number of hydrogen-bond acceptors (Lipinski definition) is 4. The second-order valence-corrected chi connectivity index (χ2v) is 7.85. The predicted molar refractivity (Wildman–Crippen MR) is 72.1 cm³/mol. The van der Waals surface area contributed by atoms with E-state index in [1.54, 1.807) is 7.11 Å². The third-order valence-electron chi connectivity index (χ3n) is 7.07. The van der Waals surface area contributed by atoms with E-state index in [9.17, 15) is 4.79 Å². The molecule has 4 fully saturated rings. The highest BCUT2D eigenvalue weighted by Crippen LogP contribution is 2.69. The van der Waals surface area contributed by atoms with Gasteiger partial charge in [-0.15, -0.1) is 0 Å². The zero-order chi connectivity index (χ0) is 14.3. The molecule has 6 atom stereocenters. The Labute approximate surface area is 120 Å². The minimum absolute atomic E-state index is 0.0199. The summed E-state index contributed by atoms with van der Waals surface area (Å²) in [7, 11) is 1.78. The van der Waals surface area contributed by atoms with Crippen LogP contribution in [0.25, 0.3) is 0 Å². The number of epoxide rings is 1. The van der Waals surface area contributed by atoms with Crippen molar-refractivity contribution in [3.05, 3.63) is 0 Å². The van der Waals surface area contributed by atoms with Gasteiger partial charge in [0.25, 0.3) is 0 Å². The molecule has 4 nitrogen and oxygen atoms in total. The maximum atomic E-state index is 12.4. The van der Waals surface area contributed by atoms with Gasteiger partial charge in [-0.2, -0.15) is 0 Å². The summed E-state index contributed by atoms with van der Waals surface area (Å²) in [5, 5.41) is 0. The lowest BCUT2D eigenvalue weighted by atomic mass is 9.61. The van der Waals surface area contributed by atoms with Crippen molar-refractivity contribution in [1.29, 1.82) is 0 Å². The van der Waals surface area contributed by atoms with E-state index < -0.39 is 0 Å². The molecular weight excluding hydrogens is 256 g/mol. The molecule has 0 aromatic rings. The summed E-state index contributed by atoms with van der Waals surface area (Å²) >= 11 is 0. The van der Waals surface area contributed by atoms with Gasteiger partial charge >= 0.3 is 5.97 Å². The van der Waals surface area contributed by atoms with Crippen LogP contribution in [0.3, 0.4) is 0 Å². The third-order valence-corrected chi connectivity index (χ3v) is 7.07. The van der Waals surface area contributed by atoms with Gasteiger partial charge in [0, 0.05) is 7.11 Å². The summed E-state index contributed by atoms with van der Waals surface area (Å²) in [6, 6.07) is 0. The highest BCUT2D eigenvalue weighted by Gasteiger charge is 2.74. The van der Waals surface area contributed by atoms with Crippen LogP contribution < -0.4 is 0 Å². The number of ether oxygens (including phenoxy) is 3. The first-order chi connectivity index (χ1) is 9.37. The minimum Gasteiger partial charge on any atom is -0.465 e. The number of carbonyl (C=O) groups excluding carboxylic acids is 1. The Balaban J connectivity index is 1.75. The maximum Gasteiger partial charge on any atom is 0.312 e. The molecule has 4 heteroatoms. The second-order valence-electron chi connectivity index (χ2n) is 7.85. The maximum absolute atomic E-state index is 12.4. The lowest BCUT2D eigenvalue weighted by molar-refractivity contribution is -0.151. The predicted octanol–water partition coefficient (Wildman–Crippen LogP) is 2.16. The summed E-state index contributed by atoms with van der Waals surface area (Å²) in [4.78, 5) is 12.4. The minimum atomic E-state index is -0.299. The summed E-state index contributed by atoms with van der Waals surface area (Å²) < 4.78 is 17.1. The molecule has 2 saturated heterocycles. The number of carbonyl (C=O) groups is 1. The Morgan fingerprint density at radius 3 is 2.65 bits per heavy atom. The number of rotatable bonds is 1. The summed E-state index contributed by atoms with van der Waals surface area (Å²) in [5.74, 6) is 0.912. The second kappa shape index (κ2) is 3.58. The van der Waals surface area contributed by atoms with Crippen LogP contribution in [0, 0.1) is 22.7 Å². The molecule has 2 heterocycles. The van der Waals surface area contributed by atoms with E-state index in [0.29, 0.717) is 24.5 Å². The van der Waals surface area contributed by atoms with Crippen molar-refractivity contribution < 1.29 is 19.0 Å². The van der Waals surface area contributed by atoms with Crippen LogP contribution in [-0.4, -0.2) is 37.5 Å². The van der Waals surface area contributed by atoms with Crippen molar-refractivity contribution in [3.8, 4) is 0 Å². The van der Waals surface area contributed by atoms with E-state index in [1.807, 2.05) is 0 Å². The van der Waals surface area contributed by atoms with Crippen molar-refractivity contribution >= 4 is 5.97 Å². The Bertz CT molecular complexity index is 473. The molecule has 0 radical (unpaired) electrons. The number of cyclic esters (lactones) is 1. The van der Waals surface area contributed by atoms with Gasteiger partial charge in [0.15, 0.2) is 0 Å². The molecule has 112 valence electrons. The van der Waals surface area contributed by atoms with Crippen LogP contribution in [0.5, 0.6) is 0 Å². The van der Waals surface area contributed by atoms with E-state index >= 15 is 0 Å². The van der Waals surface area contributed by atoms with E-state index in [-0.39, 0.29) is 28.5 Å². The summed E-state index contributed by atoms with van der Waals surface area (Å²) in [6.45, 7) is 7.24. The number of hydrogen-bond donors (Lipinski definition) is 0. The molecule has 0 unspecified atom stereocenters. The molecule has 2 aliphatic heterocycles. The van der Waals surface area contributed by atoms with Gasteiger partial charge in [-0.05, 0) is 43.4 Å². The van der Waals surface area contributed by atoms with Crippen molar-refractivity contribution in [3.63, 3.8) is 0 Å². The van der Waals surface area contributed by atoms with Crippen molar-refractivity contribution in [2.24, 2.45) is 22.7 Å². The van der Waals surface area contributed by atoms with Crippen LogP contribution in [0.15, 0.2) is 0 Å². The number of fused-ring (bicyclic) bond motifs is 2. The molecule has 0 aromatic carbocycles. The van der Waals surface area contributed by atoms with E-state index in [2.05, 4.69) is 20.8 Å². The molecule has 4 aliphatic rings. The summed E-state index contributed by atoms with van der Waals surface area (Å²) in [6.07, 6.45) is 3.24. The van der Waals surface area contributed by atoms with Crippen LogP contribution in [0.1, 0.15) is 40.0 Å². The topological polar surface area (TPSA) is 48.1 Å². The van der Waals surface area contributed by atoms with Gasteiger partial charge in [-0.1, -0.05) is 13.8 Å². The number of esters is 1. The highest BCUT2D eigenvalue weighted by molar-refractivity contribution is 5.80. The van der Waals surface area contributed by atoms with Gasteiger partial charge < -0.3 is 14.2 Å². The standard InChI is InChI=1S/C16H24O4/c1-14(2)10-7-11-15(3,20-11)12(18-4)9(10)8-16(14)5-6-19-13(16)17/h9-12H,5-8H2,1-4H3/t9-,10+,11-,12+,15-,16+/m0/s1. The lowest BCUT2D eigenvalue weighted by Gasteiger charge is -2.41. The Kier molecular flexibility index (Phi) is 2.34. The third kappa shape index (κ3) is 1.24. The molecule has 4 rings (SSSR count). The van der Waals surface area contributed by atoms with Crippen molar-refractivity contribution in [2.75, 3.05) is 13.7 Å². The van der Waals surface area contributed by atoms with E-state index in [0.717, 1.165) is 19.3 Å². The van der Waals surface area contributed by atoms with Gasteiger partial charge in [-0.25, -0.2) is 0 Å². The van der Waals surface area contributed by atoms with Crippen LogP contribution in [-0.2, 0) is 19.0 Å². The molecule has 20 heavy (non-hydrogen) atoms. The fraction of sp³-hybridized carbons (Fsp3) is 0.938. The fourth-order valence-electron chi connectivity index (χ4n) is 5.68.